The number of thiophene rings is 1. The van der Waals surface area contributed by atoms with E-state index in [0.29, 0.717) is 6.54 Å². The van der Waals surface area contributed by atoms with Crippen LogP contribution < -0.4 is 5.32 Å². The van der Waals surface area contributed by atoms with Gasteiger partial charge in [0.05, 0.1) is 16.8 Å². The molecule has 4 heteroatoms. The first kappa shape index (κ1) is 14.1. The Morgan fingerprint density at radius 3 is 2.67 bits per heavy atom. The molecule has 1 aliphatic heterocycles. The third kappa shape index (κ3) is 2.81. The zero-order chi connectivity index (χ0) is 14.9. The Morgan fingerprint density at radius 2 is 2.00 bits per heavy atom. The molecule has 0 spiro atoms. The van der Waals surface area contributed by atoms with Gasteiger partial charge in [0.2, 0.25) is 5.71 Å². The van der Waals surface area contributed by atoms with Crippen molar-refractivity contribution in [1.29, 1.82) is 0 Å². The number of para-hydroxylation sites is 1. The van der Waals surface area contributed by atoms with E-state index in [-0.39, 0.29) is 11.5 Å². The normalized spacial score (nSPS) is 20.8. The minimum Gasteiger partial charge on any atom is -0.623 e. The van der Waals surface area contributed by atoms with Crippen molar-refractivity contribution >= 4 is 22.7 Å². The first-order valence-electron chi connectivity index (χ1n) is 7.24. The molecule has 0 saturated carbocycles. The van der Waals surface area contributed by atoms with Crippen LogP contribution in [0.15, 0.2) is 47.8 Å². The number of nitrogens with one attached hydrogen (secondary N) is 1. The molecule has 0 radical (unpaired) electrons. The molecular weight excluding hydrogens is 280 g/mol. The van der Waals surface area contributed by atoms with E-state index in [1.54, 1.807) is 11.3 Å². The van der Waals surface area contributed by atoms with E-state index in [4.69, 9.17) is 0 Å². The predicted molar refractivity (Wildman–Crippen MR) is 89.2 cm³/mol. The van der Waals surface area contributed by atoms with Gasteiger partial charge in [-0.1, -0.05) is 24.3 Å². The monoisotopic (exact) mass is 300 g/mol. The summed E-state index contributed by atoms with van der Waals surface area (Å²) < 4.78 is 1.22. The van der Waals surface area contributed by atoms with E-state index in [2.05, 4.69) is 19.2 Å². The molecule has 0 saturated heterocycles. The van der Waals surface area contributed by atoms with Gasteiger partial charge < -0.3 is 10.5 Å². The second kappa shape index (κ2) is 5.53. The summed E-state index contributed by atoms with van der Waals surface area (Å²) in [6, 6.07) is 14.1. The molecule has 21 heavy (non-hydrogen) atoms. The quantitative estimate of drug-likeness (QED) is 0.685. The molecule has 0 bridgehead atoms. The number of hydrogen-bond acceptors (Lipinski definition) is 3. The Morgan fingerprint density at radius 1 is 1.24 bits per heavy atom. The lowest BCUT2D eigenvalue weighted by atomic mass is 9.84. The van der Waals surface area contributed by atoms with Gasteiger partial charge in [0.1, 0.15) is 0 Å². The van der Waals surface area contributed by atoms with E-state index >= 15 is 0 Å². The van der Waals surface area contributed by atoms with Crippen LogP contribution in [0.4, 0.5) is 5.69 Å². The van der Waals surface area contributed by atoms with Crippen LogP contribution >= 0.6 is 11.3 Å². The lowest BCUT2D eigenvalue weighted by molar-refractivity contribution is -0.487. The van der Waals surface area contributed by atoms with Crippen LogP contribution in [0.2, 0.25) is 0 Å². The number of rotatable bonds is 4. The van der Waals surface area contributed by atoms with E-state index in [0.717, 1.165) is 22.7 Å². The summed E-state index contributed by atoms with van der Waals surface area (Å²) in [4.78, 5) is 1.09. The van der Waals surface area contributed by atoms with Crippen LogP contribution in [-0.4, -0.2) is 23.0 Å². The fourth-order valence-corrected chi connectivity index (χ4v) is 3.99. The highest BCUT2D eigenvalue weighted by Crippen LogP contribution is 2.36. The zero-order valence-corrected chi connectivity index (χ0v) is 13.2. The average molecular weight is 300 g/mol. The first-order valence-corrected chi connectivity index (χ1v) is 8.12. The summed E-state index contributed by atoms with van der Waals surface area (Å²) in [5.74, 6) is 0. The maximum absolute atomic E-state index is 12.7. The Balaban J connectivity index is 1.79. The third-order valence-electron chi connectivity index (χ3n) is 4.01. The molecule has 1 unspecified atom stereocenters. The fourth-order valence-electron chi connectivity index (χ4n) is 3.05. The molecule has 3 rings (SSSR count). The molecule has 1 atom stereocenters. The molecule has 110 valence electrons. The van der Waals surface area contributed by atoms with Crippen LogP contribution in [0, 0.1) is 10.6 Å². The highest BCUT2D eigenvalue weighted by atomic mass is 32.1. The molecule has 0 amide bonds. The van der Waals surface area contributed by atoms with Crippen molar-refractivity contribution in [3.05, 3.63) is 57.9 Å². The van der Waals surface area contributed by atoms with Crippen LogP contribution in [0.3, 0.4) is 0 Å². The van der Waals surface area contributed by atoms with Gasteiger partial charge in [-0.05, 0) is 37.4 Å². The topological polar surface area (TPSA) is 38.1 Å². The summed E-state index contributed by atoms with van der Waals surface area (Å²) >= 11 is 1.64. The lowest BCUT2D eigenvalue weighted by Crippen LogP contribution is -2.27. The molecule has 3 nitrogen and oxygen atoms in total. The van der Waals surface area contributed by atoms with E-state index in [9.17, 15) is 5.21 Å². The SMILES string of the molecule is CC1(C)CC(CNc2ccccc2)[N+]([O-])=C1c1cccs1. The summed E-state index contributed by atoms with van der Waals surface area (Å²) in [5, 5.41) is 18.1. The summed E-state index contributed by atoms with van der Waals surface area (Å²) in [5.41, 5.74) is 1.92. The van der Waals surface area contributed by atoms with Gasteiger partial charge in [0.25, 0.3) is 0 Å². The van der Waals surface area contributed by atoms with Gasteiger partial charge in [0, 0.05) is 12.1 Å². The Labute approximate surface area is 129 Å². The molecule has 2 heterocycles. The van der Waals surface area contributed by atoms with Crippen molar-refractivity contribution in [2.45, 2.75) is 26.3 Å². The Kier molecular flexibility index (Phi) is 3.72. The minimum atomic E-state index is -0.0738. The molecule has 1 aromatic carbocycles. The fraction of sp³-hybridized carbons (Fsp3) is 0.353. The second-order valence-electron chi connectivity index (χ2n) is 6.14. The van der Waals surface area contributed by atoms with Crippen LogP contribution in [-0.2, 0) is 0 Å². The van der Waals surface area contributed by atoms with Gasteiger partial charge in [-0.3, -0.25) is 0 Å². The Hall–Kier alpha value is -1.81. The van der Waals surface area contributed by atoms with Crippen LogP contribution in [0.25, 0.3) is 0 Å². The Bertz CT molecular complexity index is 632. The summed E-state index contributed by atoms with van der Waals surface area (Å²) in [7, 11) is 0. The maximum Gasteiger partial charge on any atom is 0.210 e. The highest BCUT2D eigenvalue weighted by Gasteiger charge is 2.45. The average Bonchev–Trinajstić information content (AvgIpc) is 3.04. The summed E-state index contributed by atoms with van der Waals surface area (Å²) in [6.45, 7) is 5.00. The lowest BCUT2D eigenvalue weighted by Gasteiger charge is -2.14. The van der Waals surface area contributed by atoms with Gasteiger partial charge in [-0.2, -0.15) is 0 Å². The third-order valence-corrected chi connectivity index (χ3v) is 4.89. The van der Waals surface area contributed by atoms with Crippen molar-refractivity contribution in [2.75, 3.05) is 11.9 Å². The zero-order valence-electron chi connectivity index (χ0n) is 12.4. The first-order chi connectivity index (χ1) is 10.1. The second-order valence-corrected chi connectivity index (χ2v) is 7.09. The molecular formula is C17H20N2OS. The van der Waals surface area contributed by atoms with Gasteiger partial charge in [0.15, 0.2) is 6.04 Å². The largest absolute Gasteiger partial charge is 0.623 e. The van der Waals surface area contributed by atoms with Crippen molar-refractivity contribution < 1.29 is 4.74 Å². The van der Waals surface area contributed by atoms with E-state index in [1.165, 1.54) is 4.74 Å². The van der Waals surface area contributed by atoms with Crippen molar-refractivity contribution in [1.82, 2.24) is 0 Å². The molecule has 1 N–H and O–H groups in total. The van der Waals surface area contributed by atoms with Crippen LogP contribution in [0.5, 0.6) is 0 Å². The molecule has 1 aromatic heterocycles. The maximum atomic E-state index is 12.7. The van der Waals surface area contributed by atoms with Gasteiger partial charge in [-0.25, -0.2) is 4.74 Å². The van der Waals surface area contributed by atoms with Gasteiger partial charge >= 0.3 is 0 Å². The molecule has 0 aliphatic carbocycles. The van der Waals surface area contributed by atoms with Crippen molar-refractivity contribution in [3.63, 3.8) is 0 Å². The molecule has 1 aliphatic rings. The van der Waals surface area contributed by atoms with Crippen LogP contribution in [0.1, 0.15) is 25.1 Å². The number of hydrogen-bond donors (Lipinski definition) is 1. The minimum absolute atomic E-state index is 0.0164. The van der Waals surface area contributed by atoms with Gasteiger partial charge in [-0.15, -0.1) is 11.3 Å². The van der Waals surface area contributed by atoms with Crippen molar-refractivity contribution in [2.24, 2.45) is 5.41 Å². The molecule has 0 fully saturated rings. The highest BCUT2D eigenvalue weighted by molar-refractivity contribution is 7.12. The van der Waals surface area contributed by atoms with E-state index < -0.39 is 0 Å². The smallest absolute Gasteiger partial charge is 0.210 e. The van der Waals surface area contributed by atoms with E-state index in [1.807, 2.05) is 47.8 Å². The number of hydroxylamine groups is 1. The number of benzene rings is 1. The number of nitrogens with zero attached hydrogens (tertiary/aromatic N) is 1. The molecule has 2 aromatic rings. The predicted octanol–water partition coefficient (Wildman–Crippen LogP) is 3.96. The number of anilines is 1. The summed E-state index contributed by atoms with van der Waals surface area (Å²) in [6.07, 6.45) is 0.879. The van der Waals surface area contributed by atoms with Crippen molar-refractivity contribution in [3.8, 4) is 0 Å². The standard InChI is InChI=1S/C17H20N2OS/c1-17(2)11-14(12-18-13-7-4-3-5-8-13)19(20)16(17)15-9-6-10-21-15/h3-10,14,18H,11-12H2,1-2H3.